The fourth-order valence-electron chi connectivity index (χ4n) is 4.32. The van der Waals surface area contributed by atoms with Gasteiger partial charge in [0, 0.05) is 0 Å². The summed E-state index contributed by atoms with van der Waals surface area (Å²) in [5.41, 5.74) is 0. The Morgan fingerprint density at radius 2 is 0.973 bits per heavy atom. The van der Waals surface area contributed by atoms with Crippen LogP contribution in [0.4, 0.5) is 0 Å². The van der Waals surface area contributed by atoms with Crippen molar-refractivity contribution < 1.29 is 25.2 Å². The Balaban J connectivity index is 5.71. The number of unbranched alkanes of at least 4 members (excludes halogenated alkanes) is 10. The van der Waals surface area contributed by atoms with E-state index in [0.29, 0.717) is 37.6 Å². The van der Waals surface area contributed by atoms with Gasteiger partial charge in [0.1, 0.15) is 0 Å². The second-order valence-corrected chi connectivity index (χ2v) is 20.1. The first-order valence-corrected chi connectivity index (χ1v) is 22.2. The molecule has 0 amide bonds. The van der Waals surface area contributed by atoms with Crippen LogP contribution in [0.25, 0.3) is 0 Å². The average Bonchev–Trinajstić information content (AvgIpc) is 2.89. The van der Waals surface area contributed by atoms with Gasteiger partial charge in [0.05, 0.1) is 0 Å². The number of hydrogen-bond donors (Lipinski definition) is 2. The molecule has 0 bridgehead atoms. The van der Waals surface area contributed by atoms with Crippen molar-refractivity contribution in [1.82, 2.24) is 0 Å². The molecular weight excluding hydrogens is 615 g/mol. The molecule has 0 aromatic carbocycles. The molecule has 0 spiro atoms. The molecule has 0 saturated carbocycles. The summed E-state index contributed by atoms with van der Waals surface area (Å²) < 4.78 is 24.6. The van der Waals surface area contributed by atoms with Crippen LogP contribution < -0.4 is 0 Å². The second-order valence-electron chi connectivity index (χ2n) is 10.1. The first-order chi connectivity index (χ1) is 17.9. The molecule has 0 rings (SSSR count). The van der Waals surface area contributed by atoms with Gasteiger partial charge >= 0.3 is 245 Å². The van der Waals surface area contributed by atoms with Crippen molar-refractivity contribution in [3.05, 3.63) is 0 Å². The topological polar surface area (TPSA) is 71.1 Å². The predicted octanol–water partition coefficient (Wildman–Crippen LogP) is 7.40. The summed E-state index contributed by atoms with van der Waals surface area (Å²) in [5, 5.41) is 0. The molecule has 0 saturated heterocycles. The molecule has 9 heteroatoms. The standard InChI is InChI=1S/2C8H17.2C6H12O3S.Sn/c2*1-3-5-7-8-6-4-2;2*1-9-3-2-5(4-10)6(7)8;/h2*1,3-8H2,2H3;2*5,10H,2-4H2,1H3,(H,7,8);/q;;;;+2/p-2. The first kappa shape index (κ1) is 37.4. The fraction of sp³-hybridized carbons (Fsp3) is 0.929. The normalized spacial score (nSPS) is 13.4. The maximum atomic E-state index is 13.3. The van der Waals surface area contributed by atoms with E-state index in [9.17, 15) is 9.59 Å². The van der Waals surface area contributed by atoms with Gasteiger partial charge in [-0.2, -0.15) is 0 Å². The zero-order valence-electron chi connectivity index (χ0n) is 24.1. The molecular formula is C28H56O6S2Sn. The molecule has 0 aliphatic carbocycles. The van der Waals surface area contributed by atoms with Crippen molar-refractivity contribution in [2.75, 3.05) is 38.9 Å². The number of methoxy groups -OCH3 is 2. The molecule has 37 heavy (non-hydrogen) atoms. The molecule has 220 valence electrons. The molecule has 0 heterocycles. The van der Waals surface area contributed by atoms with Crippen LogP contribution >= 0.6 is 25.3 Å². The van der Waals surface area contributed by atoms with Crippen LogP contribution in [0.1, 0.15) is 104 Å². The summed E-state index contributed by atoms with van der Waals surface area (Å²) in [6, 6.07) is 0. The van der Waals surface area contributed by atoms with Gasteiger partial charge in [0.15, 0.2) is 0 Å². The number of thiol groups is 2. The Morgan fingerprint density at radius 1 is 0.622 bits per heavy atom. The summed E-state index contributed by atoms with van der Waals surface area (Å²) >= 11 is 4.70. The minimum absolute atomic E-state index is 0.271. The molecule has 0 aromatic heterocycles. The van der Waals surface area contributed by atoms with Gasteiger partial charge in [0.25, 0.3) is 0 Å². The minimum atomic E-state index is -4.11. The Morgan fingerprint density at radius 3 is 1.30 bits per heavy atom. The number of ether oxygens (including phenoxy) is 2. The van der Waals surface area contributed by atoms with Gasteiger partial charge in [-0.3, -0.25) is 0 Å². The zero-order valence-corrected chi connectivity index (χ0v) is 28.8. The Bertz CT molecular complexity index is 519. The Hall–Kier alpha value is 0.359. The summed E-state index contributed by atoms with van der Waals surface area (Å²) in [5.74, 6) is -0.486. The van der Waals surface area contributed by atoms with Crippen molar-refractivity contribution in [1.29, 1.82) is 0 Å². The summed E-state index contributed by atoms with van der Waals surface area (Å²) in [6.45, 7) is 5.36. The van der Waals surface area contributed by atoms with Crippen molar-refractivity contribution in [3.8, 4) is 0 Å². The van der Waals surface area contributed by atoms with E-state index in [1.807, 2.05) is 0 Å². The van der Waals surface area contributed by atoms with Crippen molar-refractivity contribution in [3.63, 3.8) is 0 Å². The molecule has 0 aromatic rings. The van der Waals surface area contributed by atoms with Gasteiger partial charge in [-0.1, -0.05) is 0 Å². The molecule has 0 fully saturated rings. The van der Waals surface area contributed by atoms with Gasteiger partial charge in [-0.15, -0.1) is 0 Å². The van der Waals surface area contributed by atoms with Crippen LogP contribution in [-0.4, -0.2) is 70.1 Å². The molecule has 0 N–H and O–H groups in total. The van der Waals surface area contributed by atoms with E-state index in [0.717, 1.165) is 47.4 Å². The second kappa shape index (κ2) is 25.3. The average molecular weight is 672 g/mol. The van der Waals surface area contributed by atoms with Crippen LogP contribution in [0.15, 0.2) is 0 Å². The number of rotatable bonds is 26. The molecule has 6 nitrogen and oxygen atoms in total. The molecule has 2 atom stereocenters. The van der Waals surface area contributed by atoms with Crippen LogP contribution in [0.3, 0.4) is 0 Å². The SMILES string of the molecule is CCCCCCC[CH2][Sn]([CH2]CCCCCCC)([O]C(=O)C(CS)CCOC)[O]C(=O)C(CS)CCOC. The van der Waals surface area contributed by atoms with Crippen molar-refractivity contribution >= 4 is 56.4 Å². The predicted molar refractivity (Wildman–Crippen MR) is 162 cm³/mol. The van der Waals surface area contributed by atoms with E-state index >= 15 is 0 Å². The van der Waals surface area contributed by atoms with E-state index < -0.39 is 19.2 Å². The third kappa shape index (κ3) is 18.4. The van der Waals surface area contributed by atoms with E-state index in [1.54, 1.807) is 14.2 Å². The Labute approximate surface area is 243 Å². The van der Waals surface area contributed by atoms with E-state index in [4.69, 9.17) is 15.6 Å². The van der Waals surface area contributed by atoms with Crippen LogP contribution in [0.2, 0.25) is 8.87 Å². The summed E-state index contributed by atoms with van der Waals surface area (Å²) in [6.07, 6.45) is 14.8. The monoisotopic (exact) mass is 672 g/mol. The van der Waals surface area contributed by atoms with Gasteiger partial charge < -0.3 is 0 Å². The van der Waals surface area contributed by atoms with Gasteiger partial charge in [-0.05, 0) is 0 Å². The van der Waals surface area contributed by atoms with Crippen molar-refractivity contribution in [2.24, 2.45) is 11.8 Å². The molecule has 0 aliphatic rings. The van der Waals surface area contributed by atoms with Gasteiger partial charge in [-0.25, -0.2) is 0 Å². The van der Waals surface area contributed by atoms with Crippen LogP contribution in [0, 0.1) is 11.8 Å². The fourth-order valence-corrected chi connectivity index (χ4v) is 14.5. The third-order valence-electron chi connectivity index (χ3n) is 6.84. The molecule has 0 radical (unpaired) electrons. The number of hydrogen-bond acceptors (Lipinski definition) is 8. The zero-order chi connectivity index (χ0) is 27.8. The van der Waals surface area contributed by atoms with E-state index in [2.05, 4.69) is 39.1 Å². The first-order valence-electron chi connectivity index (χ1n) is 14.6. The van der Waals surface area contributed by atoms with Crippen LogP contribution in [0.5, 0.6) is 0 Å². The summed E-state index contributed by atoms with van der Waals surface area (Å²) in [4.78, 5) is 26.7. The van der Waals surface area contributed by atoms with Crippen LogP contribution in [-0.2, 0) is 25.2 Å². The number of carbonyl (C=O) groups excluding carboxylic acids is 2. The van der Waals surface area contributed by atoms with E-state index in [1.165, 1.54) is 38.5 Å². The Kier molecular flexibility index (Phi) is 25.6. The van der Waals surface area contributed by atoms with Gasteiger partial charge in [0.2, 0.25) is 0 Å². The third-order valence-corrected chi connectivity index (χ3v) is 17.4. The maximum absolute atomic E-state index is 13.3. The number of carbonyl (C=O) groups is 2. The van der Waals surface area contributed by atoms with E-state index in [-0.39, 0.29) is 23.8 Å². The molecule has 2 unspecified atom stereocenters. The summed E-state index contributed by atoms with van der Waals surface area (Å²) in [7, 11) is 3.25. The van der Waals surface area contributed by atoms with Crippen molar-refractivity contribution in [2.45, 2.75) is 113 Å². The quantitative estimate of drug-likeness (QED) is 0.0568. The molecule has 0 aliphatic heterocycles.